The summed E-state index contributed by atoms with van der Waals surface area (Å²) in [6, 6.07) is 5.58. The van der Waals surface area contributed by atoms with Crippen LogP contribution in [0.5, 0.6) is 0 Å². The third-order valence-electron chi connectivity index (χ3n) is 2.83. The molecule has 1 aromatic carbocycles. The monoisotopic (exact) mass is 238 g/mol. The molecule has 0 saturated carbocycles. The van der Waals surface area contributed by atoms with E-state index in [0.717, 1.165) is 25.1 Å². The molecule has 1 aliphatic rings. The van der Waals surface area contributed by atoms with Gasteiger partial charge in [0.2, 0.25) is 0 Å². The Hall–Kier alpha value is -1.06. The minimum Gasteiger partial charge on any atom is -0.348 e. The Kier molecular flexibility index (Phi) is 3.46. The van der Waals surface area contributed by atoms with Gasteiger partial charge in [0.15, 0.2) is 0 Å². The van der Waals surface area contributed by atoms with Gasteiger partial charge in [-0.3, -0.25) is 4.79 Å². The predicted molar refractivity (Wildman–Crippen MR) is 64.9 cm³/mol. The molecular formula is C12H15ClN2O. The fraction of sp³-hybridized carbons (Fsp3) is 0.417. The maximum atomic E-state index is 12.0. The SMILES string of the molecule is Cc1cc(Cl)ccc1C(=O)N[C@H]1CCNC1. The Morgan fingerprint density at radius 2 is 2.38 bits per heavy atom. The van der Waals surface area contributed by atoms with Crippen molar-refractivity contribution in [2.24, 2.45) is 0 Å². The number of halogens is 1. The summed E-state index contributed by atoms with van der Waals surface area (Å²) in [6.07, 6.45) is 0.998. The van der Waals surface area contributed by atoms with Crippen LogP contribution in [0.1, 0.15) is 22.3 Å². The molecule has 1 fully saturated rings. The summed E-state index contributed by atoms with van der Waals surface area (Å²) in [5.74, 6) is -0.0112. The van der Waals surface area contributed by atoms with E-state index in [-0.39, 0.29) is 11.9 Å². The summed E-state index contributed by atoms with van der Waals surface area (Å²) in [4.78, 5) is 12.0. The lowest BCUT2D eigenvalue weighted by atomic mass is 10.1. The molecule has 86 valence electrons. The maximum Gasteiger partial charge on any atom is 0.251 e. The van der Waals surface area contributed by atoms with E-state index in [1.54, 1.807) is 12.1 Å². The highest BCUT2D eigenvalue weighted by atomic mass is 35.5. The van der Waals surface area contributed by atoms with E-state index in [2.05, 4.69) is 10.6 Å². The van der Waals surface area contributed by atoms with Crippen LogP contribution in [0, 0.1) is 6.92 Å². The Morgan fingerprint density at radius 3 is 3.00 bits per heavy atom. The van der Waals surface area contributed by atoms with Gasteiger partial charge in [0.1, 0.15) is 0 Å². The van der Waals surface area contributed by atoms with Gasteiger partial charge >= 0.3 is 0 Å². The largest absolute Gasteiger partial charge is 0.348 e. The van der Waals surface area contributed by atoms with Crippen LogP contribution in [0.3, 0.4) is 0 Å². The maximum absolute atomic E-state index is 12.0. The van der Waals surface area contributed by atoms with Crippen molar-refractivity contribution < 1.29 is 4.79 Å². The van der Waals surface area contributed by atoms with Crippen molar-refractivity contribution in [2.45, 2.75) is 19.4 Å². The molecule has 2 rings (SSSR count). The molecule has 1 aliphatic heterocycles. The number of hydrogen-bond acceptors (Lipinski definition) is 2. The molecule has 1 amide bonds. The van der Waals surface area contributed by atoms with Gasteiger partial charge in [0.05, 0.1) is 0 Å². The number of aryl methyl sites for hydroxylation is 1. The number of rotatable bonds is 2. The minimum absolute atomic E-state index is 0.0112. The van der Waals surface area contributed by atoms with Crippen LogP contribution >= 0.6 is 11.6 Å². The van der Waals surface area contributed by atoms with Crippen molar-refractivity contribution in [3.63, 3.8) is 0 Å². The molecule has 0 aliphatic carbocycles. The van der Waals surface area contributed by atoms with E-state index in [1.807, 2.05) is 13.0 Å². The molecule has 0 spiro atoms. The van der Waals surface area contributed by atoms with Crippen LogP contribution in [-0.4, -0.2) is 25.0 Å². The lowest BCUT2D eigenvalue weighted by Crippen LogP contribution is -2.36. The van der Waals surface area contributed by atoms with E-state index in [9.17, 15) is 4.79 Å². The molecule has 0 bridgehead atoms. The van der Waals surface area contributed by atoms with Gasteiger partial charge < -0.3 is 10.6 Å². The molecule has 1 aromatic rings. The van der Waals surface area contributed by atoms with Crippen molar-refractivity contribution in [1.82, 2.24) is 10.6 Å². The average Bonchev–Trinajstić information content (AvgIpc) is 2.70. The van der Waals surface area contributed by atoms with Crippen molar-refractivity contribution in [1.29, 1.82) is 0 Å². The highest BCUT2D eigenvalue weighted by Gasteiger charge is 2.18. The second kappa shape index (κ2) is 4.85. The first-order valence-corrected chi connectivity index (χ1v) is 5.82. The van der Waals surface area contributed by atoms with Crippen LogP contribution in [0.15, 0.2) is 18.2 Å². The van der Waals surface area contributed by atoms with Crippen molar-refractivity contribution in [3.8, 4) is 0 Å². The second-order valence-corrected chi connectivity index (χ2v) is 4.56. The van der Waals surface area contributed by atoms with Gasteiger partial charge in [0, 0.05) is 23.2 Å². The standard InChI is InChI=1S/C12H15ClN2O/c1-8-6-9(13)2-3-11(8)12(16)15-10-4-5-14-7-10/h2-3,6,10,14H,4-5,7H2,1H3,(H,15,16)/t10-/m0/s1. The number of carbonyl (C=O) groups is 1. The van der Waals surface area contributed by atoms with Crippen molar-refractivity contribution in [3.05, 3.63) is 34.3 Å². The lowest BCUT2D eigenvalue weighted by molar-refractivity contribution is 0.0939. The Bertz CT molecular complexity index is 400. The van der Waals surface area contributed by atoms with E-state index >= 15 is 0 Å². The lowest BCUT2D eigenvalue weighted by Gasteiger charge is -2.12. The van der Waals surface area contributed by atoms with Crippen LogP contribution in [0.2, 0.25) is 5.02 Å². The van der Waals surface area contributed by atoms with E-state index in [4.69, 9.17) is 11.6 Å². The fourth-order valence-electron chi connectivity index (χ4n) is 1.92. The molecular weight excluding hydrogens is 224 g/mol. The second-order valence-electron chi connectivity index (χ2n) is 4.12. The van der Waals surface area contributed by atoms with Gasteiger partial charge in [0.25, 0.3) is 5.91 Å². The van der Waals surface area contributed by atoms with Crippen LogP contribution in [0.25, 0.3) is 0 Å². The Labute approximate surface area is 100 Å². The highest BCUT2D eigenvalue weighted by Crippen LogP contribution is 2.15. The smallest absolute Gasteiger partial charge is 0.251 e. The number of hydrogen-bond donors (Lipinski definition) is 2. The molecule has 0 aromatic heterocycles. The zero-order valence-corrected chi connectivity index (χ0v) is 9.97. The summed E-state index contributed by atoms with van der Waals surface area (Å²) >= 11 is 5.85. The quantitative estimate of drug-likeness (QED) is 0.824. The topological polar surface area (TPSA) is 41.1 Å². The zero-order chi connectivity index (χ0) is 11.5. The van der Waals surface area contributed by atoms with Crippen molar-refractivity contribution >= 4 is 17.5 Å². The first kappa shape index (κ1) is 11.4. The molecule has 1 heterocycles. The number of carbonyl (C=O) groups excluding carboxylic acids is 1. The molecule has 1 atom stereocenters. The minimum atomic E-state index is -0.0112. The van der Waals surface area contributed by atoms with E-state index in [1.165, 1.54) is 0 Å². The Balaban J connectivity index is 2.08. The predicted octanol–water partition coefficient (Wildman–Crippen LogP) is 1.74. The van der Waals surface area contributed by atoms with E-state index < -0.39 is 0 Å². The first-order chi connectivity index (χ1) is 7.66. The van der Waals surface area contributed by atoms with Gasteiger partial charge in [-0.15, -0.1) is 0 Å². The van der Waals surface area contributed by atoms with E-state index in [0.29, 0.717) is 10.6 Å². The molecule has 4 heteroatoms. The van der Waals surface area contributed by atoms with Gasteiger partial charge in [-0.25, -0.2) is 0 Å². The molecule has 0 radical (unpaired) electrons. The highest BCUT2D eigenvalue weighted by molar-refractivity contribution is 6.30. The first-order valence-electron chi connectivity index (χ1n) is 5.44. The molecule has 0 unspecified atom stereocenters. The van der Waals surface area contributed by atoms with Crippen molar-refractivity contribution in [2.75, 3.05) is 13.1 Å². The third kappa shape index (κ3) is 2.54. The zero-order valence-electron chi connectivity index (χ0n) is 9.22. The van der Waals surface area contributed by atoms with Gasteiger partial charge in [-0.05, 0) is 43.7 Å². The molecule has 3 nitrogen and oxygen atoms in total. The number of benzene rings is 1. The summed E-state index contributed by atoms with van der Waals surface area (Å²) in [7, 11) is 0. The molecule has 2 N–H and O–H groups in total. The summed E-state index contributed by atoms with van der Waals surface area (Å²) in [5, 5.41) is 6.89. The van der Waals surface area contributed by atoms with Gasteiger partial charge in [-0.1, -0.05) is 11.6 Å². The van der Waals surface area contributed by atoms with Crippen LogP contribution < -0.4 is 10.6 Å². The average molecular weight is 239 g/mol. The summed E-state index contributed by atoms with van der Waals surface area (Å²) in [5.41, 5.74) is 1.62. The Morgan fingerprint density at radius 1 is 1.56 bits per heavy atom. The summed E-state index contributed by atoms with van der Waals surface area (Å²) < 4.78 is 0. The normalized spacial score (nSPS) is 19.8. The molecule has 16 heavy (non-hydrogen) atoms. The summed E-state index contributed by atoms with van der Waals surface area (Å²) in [6.45, 7) is 3.73. The fourth-order valence-corrected chi connectivity index (χ4v) is 2.15. The van der Waals surface area contributed by atoms with Gasteiger partial charge in [-0.2, -0.15) is 0 Å². The molecule has 1 saturated heterocycles. The van der Waals surface area contributed by atoms with Crippen LogP contribution in [-0.2, 0) is 0 Å². The number of nitrogens with one attached hydrogen (secondary N) is 2. The van der Waals surface area contributed by atoms with Crippen LogP contribution in [0.4, 0.5) is 0 Å². The third-order valence-corrected chi connectivity index (χ3v) is 3.06. The number of amides is 1.